The molecule has 2 rings (SSSR count). The van der Waals surface area contributed by atoms with Gasteiger partial charge in [-0.2, -0.15) is 0 Å². The van der Waals surface area contributed by atoms with Crippen LogP contribution in [-0.2, 0) is 16.6 Å². The van der Waals surface area contributed by atoms with Gasteiger partial charge in [0.15, 0.2) is 0 Å². The molecule has 0 radical (unpaired) electrons. The molecule has 0 saturated carbocycles. The van der Waals surface area contributed by atoms with E-state index in [-0.39, 0.29) is 17.8 Å². The Bertz CT molecular complexity index is 793. The van der Waals surface area contributed by atoms with Gasteiger partial charge >= 0.3 is 0 Å². The lowest BCUT2D eigenvalue weighted by atomic mass is 10.2. The Balaban J connectivity index is 2.12. The molecule has 0 saturated heterocycles. The molecule has 0 bridgehead atoms. The zero-order valence-corrected chi connectivity index (χ0v) is 12.5. The zero-order valence-electron chi connectivity index (χ0n) is 11.7. The van der Waals surface area contributed by atoms with Gasteiger partial charge in [0.25, 0.3) is 5.91 Å². The van der Waals surface area contributed by atoms with Crippen molar-refractivity contribution in [2.45, 2.75) is 6.54 Å². The molecular weight excluding hydrogens is 309 g/mol. The van der Waals surface area contributed by atoms with Crippen LogP contribution in [0.4, 0.5) is 10.1 Å². The molecule has 1 aromatic carbocycles. The van der Waals surface area contributed by atoms with Gasteiger partial charge in [0.1, 0.15) is 5.82 Å². The van der Waals surface area contributed by atoms with Crippen LogP contribution in [0.3, 0.4) is 0 Å². The van der Waals surface area contributed by atoms with Crippen molar-refractivity contribution in [3.8, 4) is 0 Å². The van der Waals surface area contributed by atoms with Crippen LogP contribution >= 0.6 is 0 Å². The topological polar surface area (TPSA) is 88.2 Å². The van der Waals surface area contributed by atoms with Crippen molar-refractivity contribution in [1.82, 2.24) is 9.71 Å². The number of sulfonamides is 1. The molecule has 0 spiro atoms. The number of hydrogen-bond acceptors (Lipinski definition) is 4. The molecule has 0 unspecified atom stereocenters. The Morgan fingerprint density at radius 2 is 2.00 bits per heavy atom. The number of benzene rings is 1. The summed E-state index contributed by atoms with van der Waals surface area (Å²) in [5.74, 6) is -1.04. The Morgan fingerprint density at radius 1 is 1.27 bits per heavy atom. The minimum Gasteiger partial charge on any atom is -0.319 e. The highest BCUT2D eigenvalue weighted by Crippen LogP contribution is 2.14. The number of aromatic nitrogens is 1. The van der Waals surface area contributed by atoms with Gasteiger partial charge in [0, 0.05) is 11.8 Å². The van der Waals surface area contributed by atoms with E-state index in [4.69, 9.17) is 0 Å². The highest BCUT2D eigenvalue weighted by molar-refractivity contribution is 7.88. The number of rotatable bonds is 5. The van der Waals surface area contributed by atoms with E-state index >= 15 is 0 Å². The Labute approximate surface area is 127 Å². The molecule has 8 heteroatoms. The summed E-state index contributed by atoms with van der Waals surface area (Å²) in [6, 6.07) is 8.71. The minimum atomic E-state index is -3.35. The van der Waals surface area contributed by atoms with E-state index in [2.05, 4.69) is 15.0 Å². The van der Waals surface area contributed by atoms with E-state index in [1.807, 2.05) is 0 Å². The maximum absolute atomic E-state index is 13.5. The largest absolute Gasteiger partial charge is 0.319 e. The van der Waals surface area contributed by atoms with Crippen molar-refractivity contribution in [2.24, 2.45) is 0 Å². The van der Waals surface area contributed by atoms with Crippen molar-refractivity contribution in [2.75, 3.05) is 11.6 Å². The minimum absolute atomic E-state index is 0.0281. The summed E-state index contributed by atoms with van der Waals surface area (Å²) >= 11 is 0. The molecule has 0 atom stereocenters. The first-order chi connectivity index (χ1) is 10.3. The average Bonchev–Trinajstić information content (AvgIpc) is 2.47. The third kappa shape index (κ3) is 4.61. The maximum Gasteiger partial charge on any atom is 0.255 e. The van der Waals surface area contributed by atoms with Crippen molar-refractivity contribution >= 4 is 21.6 Å². The van der Waals surface area contributed by atoms with E-state index < -0.39 is 21.7 Å². The smallest absolute Gasteiger partial charge is 0.255 e. The van der Waals surface area contributed by atoms with Crippen LogP contribution < -0.4 is 10.0 Å². The summed E-state index contributed by atoms with van der Waals surface area (Å²) in [5.41, 5.74) is 0.704. The lowest BCUT2D eigenvalue weighted by Gasteiger charge is -2.07. The van der Waals surface area contributed by atoms with Crippen LogP contribution in [0.5, 0.6) is 0 Å². The second-order valence-corrected chi connectivity index (χ2v) is 6.40. The number of nitrogens with one attached hydrogen (secondary N) is 2. The van der Waals surface area contributed by atoms with E-state index in [0.29, 0.717) is 5.69 Å². The molecule has 0 aliphatic heterocycles. The van der Waals surface area contributed by atoms with Gasteiger partial charge < -0.3 is 5.32 Å². The number of hydrogen-bond donors (Lipinski definition) is 2. The monoisotopic (exact) mass is 323 g/mol. The molecule has 1 amide bonds. The van der Waals surface area contributed by atoms with E-state index in [0.717, 1.165) is 6.26 Å². The quantitative estimate of drug-likeness (QED) is 0.873. The Kier molecular flexibility index (Phi) is 4.84. The molecule has 0 aliphatic rings. The van der Waals surface area contributed by atoms with Crippen LogP contribution in [0.25, 0.3) is 0 Å². The first kappa shape index (κ1) is 16.1. The molecule has 0 fully saturated rings. The van der Waals surface area contributed by atoms with Crippen LogP contribution in [0, 0.1) is 5.82 Å². The first-order valence-electron chi connectivity index (χ1n) is 6.30. The number of anilines is 1. The molecule has 116 valence electrons. The number of amides is 1. The predicted molar refractivity (Wildman–Crippen MR) is 80.3 cm³/mol. The number of nitrogens with zero attached hydrogens (tertiary/aromatic N) is 1. The van der Waals surface area contributed by atoms with Gasteiger partial charge in [0.2, 0.25) is 10.0 Å². The van der Waals surface area contributed by atoms with Gasteiger partial charge in [-0.25, -0.2) is 17.5 Å². The Morgan fingerprint density at radius 3 is 2.68 bits per heavy atom. The maximum atomic E-state index is 13.5. The highest BCUT2D eigenvalue weighted by Gasteiger charge is 2.10. The van der Waals surface area contributed by atoms with Crippen LogP contribution in [-0.4, -0.2) is 25.6 Å². The fraction of sp³-hybridized carbons (Fsp3) is 0.143. The lowest BCUT2D eigenvalue weighted by Crippen LogP contribution is -2.22. The summed E-state index contributed by atoms with van der Waals surface area (Å²) in [5, 5.41) is 2.45. The lowest BCUT2D eigenvalue weighted by molar-refractivity contribution is 0.102. The van der Waals surface area contributed by atoms with Gasteiger partial charge in [-0.1, -0.05) is 12.1 Å². The standard InChI is InChI=1S/C14H14FN3O3S/c1-22(20,21)17-9-11-8-10(6-7-16-11)14(19)18-13-5-3-2-4-12(13)15/h2-8,17H,9H2,1H3,(H,18,19). The van der Waals surface area contributed by atoms with Gasteiger partial charge in [-0.15, -0.1) is 0 Å². The van der Waals surface area contributed by atoms with E-state index in [1.165, 1.54) is 36.5 Å². The second-order valence-electron chi connectivity index (χ2n) is 4.56. The molecular formula is C14H14FN3O3S. The first-order valence-corrected chi connectivity index (χ1v) is 8.20. The SMILES string of the molecule is CS(=O)(=O)NCc1cc(C(=O)Nc2ccccc2F)ccn1. The molecule has 6 nitrogen and oxygen atoms in total. The second kappa shape index (κ2) is 6.63. The average molecular weight is 323 g/mol. The molecule has 2 N–H and O–H groups in total. The summed E-state index contributed by atoms with van der Waals surface area (Å²) in [4.78, 5) is 16.0. The van der Waals surface area contributed by atoms with Crippen LogP contribution in [0.15, 0.2) is 42.6 Å². The number of para-hydroxylation sites is 1. The summed E-state index contributed by atoms with van der Waals surface area (Å²) < 4.78 is 37.9. The molecule has 0 aliphatic carbocycles. The normalized spacial score (nSPS) is 11.2. The summed E-state index contributed by atoms with van der Waals surface area (Å²) in [6.45, 7) is -0.0281. The highest BCUT2D eigenvalue weighted by atomic mass is 32.2. The number of carbonyl (C=O) groups excluding carboxylic acids is 1. The summed E-state index contributed by atoms with van der Waals surface area (Å²) in [7, 11) is -3.35. The fourth-order valence-electron chi connectivity index (χ4n) is 1.68. The van der Waals surface area contributed by atoms with Crippen molar-refractivity contribution in [3.63, 3.8) is 0 Å². The Hall–Kier alpha value is -2.32. The molecule has 22 heavy (non-hydrogen) atoms. The molecule has 1 heterocycles. The number of halogens is 1. The number of pyridine rings is 1. The van der Waals surface area contributed by atoms with E-state index in [1.54, 1.807) is 6.07 Å². The number of carbonyl (C=O) groups is 1. The van der Waals surface area contributed by atoms with Gasteiger partial charge in [0.05, 0.1) is 24.2 Å². The van der Waals surface area contributed by atoms with Crippen molar-refractivity contribution in [3.05, 3.63) is 59.7 Å². The molecule has 2 aromatic rings. The van der Waals surface area contributed by atoms with Crippen molar-refractivity contribution in [1.29, 1.82) is 0 Å². The van der Waals surface area contributed by atoms with Crippen LogP contribution in [0.1, 0.15) is 16.1 Å². The van der Waals surface area contributed by atoms with E-state index in [9.17, 15) is 17.6 Å². The predicted octanol–water partition coefficient (Wildman–Crippen LogP) is 1.52. The third-order valence-electron chi connectivity index (χ3n) is 2.72. The van der Waals surface area contributed by atoms with Crippen LogP contribution in [0.2, 0.25) is 0 Å². The zero-order chi connectivity index (χ0) is 16.2. The fourth-order valence-corrected chi connectivity index (χ4v) is 2.09. The van der Waals surface area contributed by atoms with Gasteiger partial charge in [-0.05, 0) is 24.3 Å². The van der Waals surface area contributed by atoms with Crippen molar-refractivity contribution < 1.29 is 17.6 Å². The third-order valence-corrected chi connectivity index (χ3v) is 3.39. The molecule has 1 aromatic heterocycles. The summed E-state index contributed by atoms with van der Waals surface area (Å²) in [6.07, 6.45) is 2.41. The van der Waals surface area contributed by atoms with Gasteiger partial charge in [-0.3, -0.25) is 9.78 Å².